The standard InChI is InChI=1S/2C4H9NO3/c2*1-2(6)3(5)4(7)8/h2*2-3,6H,5H2,1H3,(H,7,8)/t2-,3+;/m1./s1. The molecule has 0 bridgehead atoms. The van der Waals surface area contributed by atoms with Crippen molar-refractivity contribution in [1.82, 2.24) is 0 Å². The van der Waals surface area contributed by atoms with Crippen molar-refractivity contribution >= 4 is 11.9 Å². The van der Waals surface area contributed by atoms with E-state index in [2.05, 4.69) is 0 Å². The Bertz CT molecular complexity index is 207. The molecule has 0 aliphatic carbocycles. The van der Waals surface area contributed by atoms with Gasteiger partial charge in [-0.2, -0.15) is 0 Å². The van der Waals surface area contributed by atoms with E-state index < -0.39 is 36.2 Å². The molecule has 0 fully saturated rings. The van der Waals surface area contributed by atoms with Crippen LogP contribution in [0.25, 0.3) is 0 Å². The highest BCUT2D eigenvalue weighted by Gasteiger charge is 2.16. The van der Waals surface area contributed by atoms with E-state index in [1.54, 1.807) is 0 Å². The van der Waals surface area contributed by atoms with Gasteiger partial charge in [-0.1, -0.05) is 0 Å². The Labute approximate surface area is 92.5 Å². The lowest BCUT2D eigenvalue weighted by atomic mass is 10.2. The third kappa shape index (κ3) is 8.12. The molecule has 4 atom stereocenters. The lowest BCUT2D eigenvalue weighted by molar-refractivity contribution is -0.141. The number of aliphatic hydroxyl groups is 2. The van der Waals surface area contributed by atoms with Crippen molar-refractivity contribution in [1.29, 1.82) is 0 Å². The zero-order valence-electron chi connectivity index (χ0n) is 9.07. The molecule has 2 unspecified atom stereocenters. The van der Waals surface area contributed by atoms with Crippen LogP contribution in [0.2, 0.25) is 0 Å². The first-order chi connectivity index (χ1) is 7.11. The van der Waals surface area contributed by atoms with Gasteiger partial charge in [-0.3, -0.25) is 9.59 Å². The molecule has 0 heterocycles. The number of carboxylic acid groups (broad SMARTS) is 2. The second kappa shape index (κ2) is 7.99. The minimum absolute atomic E-state index is 0.979. The highest BCUT2D eigenvalue weighted by molar-refractivity contribution is 5.74. The van der Waals surface area contributed by atoms with Crippen molar-refractivity contribution < 1.29 is 30.0 Å². The third-order valence-electron chi connectivity index (χ3n) is 1.61. The van der Waals surface area contributed by atoms with Crippen LogP contribution in [0.5, 0.6) is 0 Å². The number of hydrogen-bond donors (Lipinski definition) is 6. The lowest BCUT2D eigenvalue weighted by Crippen LogP contribution is -2.39. The summed E-state index contributed by atoms with van der Waals surface area (Å²) < 4.78 is 0. The van der Waals surface area contributed by atoms with Gasteiger partial charge in [-0.25, -0.2) is 0 Å². The summed E-state index contributed by atoms with van der Waals surface area (Å²) in [5, 5.41) is 33.1. The van der Waals surface area contributed by atoms with Crippen molar-refractivity contribution in [2.24, 2.45) is 11.5 Å². The van der Waals surface area contributed by atoms with Crippen molar-refractivity contribution in [2.75, 3.05) is 0 Å². The fourth-order valence-electron chi connectivity index (χ4n) is 0.413. The molecule has 0 aromatic carbocycles. The van der Waals surface area contributed by atoms with Gasteiger partial charge < -0.3 is 31.9 Å². The molecule has 0 radical (unpaired) electrons. The van der Waals surface area contributed by atoms with E-state index in [0.717, 1.165) is 0 Å². The predicted molar refractivity (Wildman–Crippen MR) is 54.6 cm³/mol. The minimum atomic E-state index is -1.18. The van der Waals surface area contributed by atoms with Crippen LogP contribution >= 0.6 is 0 Å². The molecule has 0 amide bonds. The monoisotopic (exact) mass is 238 g/mol. The number of hydrogen-bond acceptors (Lipinski definition) is 6. The maximum atomic E-state index is 9.86. The molecule has 0 spiro atoms. The van der Waals surface area contributed by atoms with Gasteiger partial charge >= 0.3 is 11.9 Å². The predicted octanol–water partition coefficient (Wildman–Crippen LogP) is -2.44. The lowest BCUT2D eigenvalue weighted by Gasteiger charge is -2.07. The highest BCUT2D eigenvalue weighted by Crippen LogP contribution is 1.86. The maximum Gasteiger partial charge on any atom is 0.323 e. The number of carboxylic acids is 2. The van der Waals surface area contributed by atoms with Crippen LogP contribution in [-0.2, 0) is 9.59 Å². The molecule has 8 nitrogen and oxygen atoms in total. The minimum Gasteiger partial charge on any atom is -0.480 e. The average molecular weight is 238 g/mol. The molecule has 8 heteroatoms. The topological polar surface area (TPSA) is 167 Å². The van der Waals surface area contributed by atoms with E-state index in [9.17, 15) is 9.59 Å². The summed E-state index contributed by atoms with van der Waals surface area (Å²) in [5.74, 6) is -2.36. The van der Waals surface area contributed by atoms with Gasteiger partial charge in [-0.05, 0) is 13.8 Å². The molecule has 0 aliphatic rings. The van der Waals surface area contributed by atoms with Gasteiger partial charge in [0.25, 0.3) is 0 Å². The number of rotatable bonds is 4. The first kappa shape index (κ1) is 17.2. The van der Waals surface area contributed by atoms with Gasteiger partial charge in [0.1, 0.15) is 12.1 Å². The smallest absolute Gasteiger partial charge is 0.323 e. The summed E-state index contributed by atoms with van der Waals surface area (Å²) in [6, 6.07) is -2.31. The molecule has 0 rings (SSSR count). The molecule has 8 N–H and O–H groups in total. The third-order valence-corrected chi connectivity index (χ3v) is 1.61. The second-order valence-electron chi connectivity index (χ2n) is 3.21. The summed E-state index contributed by atoms with van der Waals surface area (Å²) in [6.07, 6.45) is -1.96. The van der Waals surface area contributed by atoms with Gasteiger partial charge in [0.05, 0.1) is 12.2 Å². The van der Waals surface area contributed by atoms with Gasteiger partial charge in [0.2, 0.25) is 0 Å². The van der Waals surface area contributed by atoms with E-state index in [0.29, 0.717) is 0 Å². The summed E-state index contributed by atoms with van der Waals surface area (Å²) in [7, 11) is 0. The van der Waals surface area contributed by atoms with E-state index in [-0.39, 0.29) is 0 Å². The Kier molecular flexibility index (Phi) is 8.58. The molecule has 16 heavy (non-hydrogen) atoms. The van der Waals surface area contributed by atoms with Crippen molar-refractivity contribution in [2.45, 2.75) is 38.1 Å². The van der Waals surface area contributed by atoms with Crippen molar-refractivity contribution in [3.8, 4) is 0 Å². The second-order valence-corrected chi connectivity index (χ2v) is 3.21. The van der Waals surface area contributed by atoms with Gasteiger partial charge in [-0.15, -0.1) is 0 Å². The molecule has 0 saturated carbocycles. The molecule has 0 aromatic heterocycles. The fraction of sp³-hybridized carbons (Fsp3) is 0.750. The molecule has 96 valence electrons. The molecule has 0 aliphatic heterocycles. The van der Waals surface area contributed by atoms with E-state index in [1.807, 2.05) is 0 Å². The highest BCUT2D eigenvalue weighted by atomic mass is 16.4. The van der Waals surface area contributed by atoms with Crippen LogP contribution in [0, 0.1) is 0 Å². The van der Waals surface area contributed by atoms with Crippen LogP contribution < -0.4 is 11.5 Å². The van der Waals surface area contributed by atoms with Gasteiger partial charge in [0, 0.05) is 0 Å². The van der Waals surface area contributed by atoms with Crippen LogP contribution in [0.15, 0.2) is 0 Å². The van der Waals surface area contributed by atoms with Crippen LogP contribution in [0.3, 0.4) is 0 Å². The van der Waals surface area contributed by atoms with E-state index >= 15 is 0 Å². The number of aliphatic hydroxyl groups excluding tert-OH is 2. The van der Waals surface area contributed by atoms with Crippen LogP contribution in [-0.4, -0.2) is 56.7 Å². The van der Waals surface area contributed by atoms with Gasteiger partial charge in [0.15, 0.2) is 0 Å². The molecular formula is C8H18N2O6. The maximum absolute atomic E-state index is 9.86. The SMILES string of the molecule is CC(O)C(N)C(=O)O.C[C@@H](O)[C@H](N)C(=O)O. The van der Waals surface area contributed by atoms with Crippen molar-refractivity contribution in [3.05, 3.63) is 0 Å². The van der Waals surface area contributed by atoms with Crippen LogP contribution in [0.1, 0.15) is 13.8 Å². The zero-order valence-corrected chi connectivity index (χ0v) is 9.07. The summed E-state index contributed by atoms with van der Waals surface area (Å²) >= 11 is 0. The largest absolute Gasteiger partial charge is 0.480 e. The Balaban J connectivity index is 0. The molecule has 0 aromatic rings. The van der Waals surface area contributed by atoms with Crippen LogP contribution in [0.4, 0.5) is 0 Å². The number of carbonyl (C=O) groups is 2. The summed E-state index contributed by atoms with van der Waals surface area (Å²) in [5.41, 5.74) is 9.82. The molecular weight excluding hydrogens is 220 g/mol. The average Bonchev–Trinajstić information content (AvgIpc) is 2.15. The van der Waals surface area contributed by atoms with Crippen molar-refractivity contribution in [3.63, 3.8) is 0 Å². The Morgan fingerprint density at radius 2 is 1.06 bits per heavy atom. The number of aliphatic carboxylic acids is 2. The Morgan fingerprint density at radius 3 is 1.06 bits per heavy atom. The first-order valence-corrected chi connectivity index (χ1v) is 4.44. The van der Waals surface area contributed by atoms with E-state index in [4.69, 9.17) is 31.9 Å². The summed E-state index contributed by atoms with van der Waals surface area (Å²) in [6.45, 7) is 2.66. The summed E-state index contributed by atoms with van der Waals surface area (Å²) in [4.78, 5) is 19.7. The number of nitrogens with two attached hydrogens (primary N) is 2. The first-order valence-electron chi connectivity index (χ1n) is 4.44. The Hall–Kier alpha value is -1.22. The quantitative estimate of drug-likeness (QED) is 0.314. The Morgan fingerprint density at radius 1 is 0.875 bits per heavy atom. The van der Waals surface area contributed by atoms with E-state index in [1.165, 1.54) is 13.8 Å². The fourth-order valence-corrected chi connectivity index (χ4v) is 0.413. The molecule has 0 saturated heterocycles. The zero-order chi connectivity index (χ0) is 13.5. The normalized spacial score (nSPS) is 17.4.